The van der Waals surface area contributed by atoms with Crippen molar-refractivity contribution in [2.24, 2.45) is 0 Å². The van der Waals surface area contributed by atoms with Gasteiger partial charge < -0.3 is 14.2 Å². The zero-order valence-corrected chi connectivity index (χ0v) is 14.9. The summed E-state index contributed by atoms with van der Waals surface area (Å²) in [7, 11) is 1.45. The number of rotatable bonds is 14. The number of unbranched alkanes of at least 4 members (excludes halogenated alkanes) is 6. The van der Waals surface area contributed by atoms with Crippen molar-refractivity contribution in [1.29, 1.82) is 0 Å². The summed E-state index contributed by atoms with van der Waals surface area (Å²) < 4.78 is 16.2. The molecule has 2 aliphatic heterocycles. The number of hydrogen-bond donors (Lipinski definition) is 0. The quantitative estimate of drug-likeness (QED) is 0.270. The molecule has 0 aliphatic carbocycles. The lowest BCUT2D eigenvalue weighted by atomic mass is 10.0. The van der Waals surface area contributed by atoms with Gasteiger partial charge in [-0.2, -0.15) is 0 Å². The zero-order chi connectivity index (χ0) is 16.5. The van der Waals surface area contributed by atoms with Gasteiger partial charge in [-0.3, -0.25) is 4.79 Å². The number of epoxide rings is 2. The maximum atomic E-state index is 11.0. The van der Waals surface area contributed by atoms with Gasteiger partial charge in [0.1, 0.15) is 0 Å². The minimum Gasteiger partial charge on any atom is -0.469 e. The Bertz CT molecular complexity index is 344. The van der Waals surface area contributed by atoms with Crippen LogP contribution in [0.25, 0.3) is 0 Å². The third-order valence-corrected chi connectivity index (χ3v) is 5.03. The average Bonchev–Trinajstić information content (AvgIpc) is 3.46. The lowest BCUT2D eigenvalue weighted by Gasteiger charge is -2.00. The van der Waals surface area contributed by atoms with Gasteiger partial charge in [-0.25, -0.2) is 0 Å². The first kappa shape index (κ1) is 18.7. The third kappa shape index (κ3) is 7.67. The van der Waals surface area contributed by atoms with Crippen molar-refractivity contribution < 1.29 is 19.0 Å². The Kier molecular flexibility index (Phi) is 8.38. The first-order chi connectivity index (χ1) is 11.2. The minimum atomic E-state index is -0.0884. The second-order valence-corrected chi connectivity index (χ2v) is 7.04. The molecule has 0 spiro atoms. The highest BCUT2D eigenvalue weighted by molar-refractivity contribution is 5.68. The molecule has 4 atom stereocenters. The fraction of sp³-hybridized carbons (Fsp3) is 0.947. The van der Waals surface area contributed by atoms with E-state index in [9.17, 15) is 4.79 Å². The van der Waals surface area contributed by atoms with Gasteiger partial charge in [0, 0.05) is 12.8 Å². The summed E-state index contributed by atoms with van der Waals surface area (Å²) in [5.41, 5.74) is 0. The maximum Gasteiger partial charge on any atom is 0.305 e. The van der Waals surface area contributed by atoms with Gasteiger partial charge in [0.15, 0.2) is 0 Å². The highest BCUT2D eigenvalue weighted by Gasteiger charge is 2.47. The molecule has 0 aromatic carbocycles. The maximum absolute atomic E-state index is 11.0. The topological polar surface area (TPSA) is 51.4 Å². The average molecular weight is 326 g/mol. The van der Waals surface area contributed by atoms with Gasteiger partial charge in [0.05, 0.1) is 31.5 Å². The molecule has 0 bridgehead atoms. The van der Waals surface area contributed by atoms with Gasteiger partial charge in [0.25, 0.3) is 0 Å². The Morgan fingerprint density at radius 2 is 1.39 bits per heavy atom. The summed E-state index contributed by atoms with van der Waals surface area (Å²) in [5, 5.41) is 0. The highest BCUT2D eigenvalue weighted by Crippen LogP contribution is 2.39. The van der Waals surface area contributed by atoms with Crippen molar-refractivity contribution in [2.75, 3.05) is 7.11 Å². The highest BCUT2D eigenvalue weighted by atomic mass is 16.6. The minimum absolute atomic E-state index is 0.0884. The zero-order valence-electron chi connectivity index (χ0n) is 14.9. The van der Waals surface area contributed by atoms with E-state index in [2.05, 4.69) is 11.7 Å². The normalized spacial score (nSPS) is 28.6. The van der Waals surface area contributed by atoms with Crippen molar-refractivity contribution in [1.82, 2.24) is 0 Å². The summed E-state index contributed by atoms with van der Waals surface area (Å²) in [4.78, 5) is 11.0. The first-order valence-electron chi connectivity index (χ1n) is 9.62. The molecule has 134 valence electrons. The van der Waals surface area contributed by atoms with Gasteiger partial charge in [-0.05, 0) is 19.3 Å². The van der Waals surface area contributed by atoms with Crippen molar-refractivity contribution in [3.63, 3.8) is 0 Å². The van der Waals surface area contributed by atoms with E-state index in [1.165, 1.54) is 58.5 Å². The Morgan fingerprint density at radius 3 is 2.00 bits per heavy atom. The number of hydrogen-bond acceptors (Lipinski definition) is 4. The number of methoxy groups -OCH3 is 1. The number of esters is 1. The number of carbonyl (C=O) groups is 1. The SMILES string of the molecule is CCCCC[C@@H]1O[C@@H]1C[C@H]1OC1CCCCCCCC(=O)OC. The molecule has 0 aromatic rings. The van der Waals surface area contributed by atoms with Gasteiger partial charge in [0.2, 0.25) is 0 Å². The molecular formula is C19H34O4. The summed E-state index contributed by atoms with van der Waals surface area (Å²) >= 11 is 0. The molecule has 2 fully saturated rings. The third-order valence-electron chi connectivity index (χ3n) is 5.03. The van der Waals surface area contributed by atoms with E-state index in [-0.39, 0.29) is 5.97 Å². The molecule has 23 heavy (non-hydrogen) atoms. The van der Waals surface area contributed by atoms with E-state index in [1.54, 1.807) is 0 Å². The predicted octanol–water partition coefficient (Wildman–Crippen LogP) is 4.40. The predicted molar refractivity (Wildman–Crippen MR) is 90.4 cm³/mol. The van der Waals surface area contributed by atoms with Crippen LogP contribution in [0.4, 0.5) is 0 Å². The molecule has 4 nitrogen and oxygen atoms in total. The molecule has 0 saturated carbocycles. The van der Waals surface area contributed by atoms with Crippen LogP contribution >= 0.6 is 0 Å². The monoisotopic (exact) mass is 326 g/mol. The second-order valence-electron chi connectivity index (χ2n) is 7.04. The van der Waals surface area contributed by atoms with Crippen molar-refractivity contribution in [2.45, 2.75) is 108 Å². The molecule has 4 heteroatoms. The van der Waals surface area contributed by atoms with Crippen LogP contribution in [0.15, 0.2) is 0 Å². The molecule has 0 amide bonds. The molecule has 2 heterocycles. The van der Waals surface area contributed by atoms with Crippen molar-refractivity contribution in [3.05, 3.63) is 0 Å². The van der Waals surface area contributed by atoms with E-state index >= 15 is 0 Å². The summed E-state index contributed by atoms with van der Waals surface area (Å²) in [6.07, 6.45) is 15.8. The van der Waals surface area contributed by atoms with Gasteiger partial charge in [-0.15, -0.1) is 0 Å². The largest absolute Gasteiger partial charge is 0.469 e. The van der Waals surface area contributed by atoms with E-state index in [1.807, 2.05) is 0 Å². The van der Waals surface area contributed by atoms with Crippen molar-refractivity contribution >= 4 is 5.97 Å². The van der Waals surface area contributed by atoms with E-state index in [4.69, 9.17) is 9.47 Å². The molecule has 2 saturated heterocycles. The Labute approximate surface area is 141 Å². The Morgan fingerprint density at radius 1 is 0.826 bits per heavy atom. The fourth-order valence-electron chi connectivity index (χ4n) is 3.35. The molecule has 2 aliphatic rings. The Balaban J connectivity index is 1.35. The molecule has 1 unspecified atom stereocenters. The van der Waals surface area contributed by atoms with Crippen molar-refractivity contribution in [3.8, 4) is 0 Å². The van der Waals surface area contributed by atoms with E-state index in [0.29, 0.717) is 30.8 Å². The van der Waals surface area contributed by atoms with Crippen LogP contribution in [-0.4, -0.2) is 37.5 Å². The fourth-order valence-corrected chi connectivity index (χ4v) is 3.35. The smallest absolute Gasteiger partial charge is 0.305 e. The molecule has 0 N–H and O–H groups in total. The lowest BCUT2D eigenvalue weighted by Crippen LogP contribution is -2.02. The summed E-state index contributed by atoms with van der Waals surface area (Å²) in [6, 6.07) is 0. The second kappa shape index (κ2) is 10.3. The molecule has 0 aromatic heterocycles. The Hall–Kier alpha value is -0.610. The van der Waals surface area contributed by atoms with Crippen LogP contribution < -0.4 is 0 Å². The molecular weight excluding hydrogens is 292 g/mol. The number of ether oxygens (including phenoxy) is 3. The first-order valence-corrected chi connectivity index (χ1v) is 9.62. The van der Waals surface area contributed by atoms with E-state index in [0.717, 1.165) is 19.3 Å². The van der Waals surface area contributed by atoms with Crippen LogP contribution in [0.1, 0.15) is 84.0 Å². The van der Waals surface area contributed by atoms with Crippen LogP contribution in [0.5, 0.6) is 0 Å². The van der Waals surface area contributed by atoms with Gasteiger partial charge >= 0.3 is 5.97 Å². The number of carbonyl (C=O) groups excluding carboxylic acids is 1. The molecule has 2 rings (SSSR count). The van der Waals surface area contributed by atoms with Crippen LogP contribution in [0.2, 0.25) is 0 Å². The van der Waals surface area contributed by atoms with Crippen LogP contribution in [-0.2, 0) is 19.0 Å². The standard InChI is InChI=1S/C19H34O4/c1-3-4-8-11-15-17(22-15)14-18-16(23-18)12-9-6-5-7-10-13-19(20)21-2/h15-18H,3-14H2,1-2H3/t15-,16?,17+,18+/m0/s1. The van der Waals surface area contributed by atoms with Crippen LogP contribution in [0.3, 0.4) is 0 Å². The van der Waals surface area contributed by atoms with E-state index < -0.39 is 0 Å². The lowest BCUT2D eigenvalue weighted by molar-refractivity contribution is -0.140. The summed E-state index contributed by atoms with van der Waals surface area (Å²) in [5.74, 6) is -0.0884. The van der Waals surface area contributed by atoms with Crippen LogP contribution in [0, 0.1) is 0 Å². The van der Waals surface area contributed by atoms with Gasteiger partial charge in [-0.1, -0.05) is 51.9 Å². The molecule has 0 radical (unpaired) electrons. The summed E-state index contributed by atoms with van der Waals surface area (Å²) in [6.45, 7) is 2.24.